The fraction of sp³-hybridized carbons (Fsp3) is 0.364. The highest BCUT2D eigenvalue weighted by Gasteiger charge is 2.36. The van der Waals surface area contributed by atoms with Crippen LogP contribution in [0.4, 0.5) is 8.78 Å². The number of alkyl halides is 2. The lowest BCUT2D eigenvalue weighted by atomic mass is 10.0. The van der Waals surface area contributed by atoms with Crippen LogP contribution in [-0.4, -0.2) is 30.8 Å². The maximum Gasteiger partial charge on any atom is 0.336 e. The van der Waals surface area contributed by atoms with Crippen LogP contribution in [0.5, 0.6) is 0 Å². The summed E-state index contributed by atoms with van der Waals surface area (Å²) in [4.78, 5) is 19.9. The van der Waals surface area contributed by atoms with Crippen molar-refractivity contribution >= 4 is 5.97 Å². The van der Waals surface area contributed by atoms with Crippen molar-refractivity contribution in [3.05, 3.63) is 65.5 Å². The summed E-state index contributed by atoms with van der Waals surface area (Å²) >= 11 is 0. The molecule has 158 valence electrons. The van der Waals surface area contributed by atoms with Crippen LogP contribution in [0.2, 0.25) is 0 Å². The molecular weight excluding hydrogens is 390 g/mol. The molecule has 0 aliphatic heterocycles. The van der Waals surface area contributed by atoms with Crippen LogP contribution < -0.4 is 0 Å². The van der Waals surface area contributed by atoms with Crippen molar-refractivity contribution in [2.45, 2.75) is 52.0 Å². The number of nitrogens with zero attached hydrogens (tertiary/aromatic N) is 4. The molecule has 2 aromatic heterocycles. The van der Waals surface area contributed by atoms with Gasteiger partial charge in [0.05, 0.1) is 17.8 Å². The molecule has 0 amide bonds. The Labute approximate surface area is 173 Å². The third-order valence-corrected chi connectivity index (χ3v) is 4.72. The van der Waals surface area contributed by atoms with Crippen molar-refractivity contribution < 1.29 is 18.7 Å². The number of carboxylic acids is 1. The van der Waals surface area contributed by atoms with Crippen LogP contribution in [0.3, 0.4) is 0 Å². The van der Waals surface area contributed by atoms with Crippen molar-refractivity contribution in [2.24, 2.45) is 0 Å². The lowest BCUT2D eigenvalue weighted by Gasteiger charge is -2.10. The van der Waals surface area contributed by atoms with E-state index in [2.05, 4.69) is 15.1 Å². The lowest BCUT2D eigenvalue weighted by molar-refractivity contribution is -0.0232. The van der Waals surface area contributed by atoms with Gasteiger partial charge in [0, 0.05) is 24.6 Å². The number of rotatable bonds is 9. The van der Waals surface area contributed by atoms with Gasteiger partial charge in [-0.2, -0.15) is 8.78 Å². The topological polar surface area (TPSA) is 80.9 Å². The summed E-state index contributed by atoms with van der Waals surface area (Å²) in [6.45, 7) is 3.87. The lowest BCUT2D eigenvalue weighted by Crippen LogP contribution is -2.16. The van der Waals surface area contributed by atoms with E-state index in [-0.39, 0.29) is 18.5 Å². The Bertz CT molecular complexity index is 1020. The Morgan fingerprint density at radius 2 is 1.90 bits per heavy atom. The molecule has 0 radical (unpaired) electrons. The van der Waals surface area contributed by atoms with Gasteiger partial charge >= 0.3 is 11.9 Å². The van der Waals surface area contributed by atoms with Crippen LogP contribution in [0, 0.1) is 0 Å². The van der Waals surface area contributed by atoms with Crippen molar-refractivity contribution in [3.8, 4) is 11.1 Å². The average molecular weight is 414 g/mol. The monoisotopic (exact) mass is 414 g/mol. The van der Waals surface area contributed by atoms with E-state index in [0.717, 1.165) is 6.42 Å². The zero-order valence-electron chi connectivity index (χ0n) is 17.0. The number of carboxylic acid groups (broad SMARTS) is 1. The van der Waals surface area contributed by atoms with E-state index < -0.39 is 17.7 Å². The first kappa shape index (κ1) is 21.5. The van der Waals surface area contributed by atoms with Crippen molar-refractivity contribution in [3.63, 3.8) is 0 Å². The highest BCUT2D eigenvalue weighted by Crippen LogP contribution is 2.31. The van der Waals surface area contributed by atoms with Crippen LogP contribution in [0.1, 0.15) is 60.8 Å². The standard InChI is InChI=1S/C22H24F2N4O2/c1-3-7-19-26-21(22(23,24)12-4-2)27-28(19)14-16-11-10-15(13-25-16)17-8-5-6-9-18(17)20(29)30/h5-6,8-11,13H,3-4,7,12,14H2,1-2H3,(H,29,30). The molecule has 6 nitrogen and oxygen atoms in total. The smallest absolute Gasteiger partial charge is 0.336 e. The number of hydrogen-bond donors (Lipinski definition) is 1. The average Bonchev–Trinajstić information content (AvgIpc) is 3.12. The fourth-order valence-corrected chi connectivity index (χ4v) is 3.24. The third kappa shape index (κ3) is 4.69. The van der Waals surface area contributed by atoms with E-state index in [1.165, 1.54) is 10.7 Å². The molecule has 0 aliphatic rings. The van der Waals surface area contributed by atoms with Crippen LogP contribution in [0.25, 0.3) is 11.1 Å². The molecule has 1 aromatic carbocycles. The van der Waals surface area contributed by atoms with E-state index in [1.807, 2.05) is 6.92 Å². The summed E-state index contributed by atoms with van der Waals surface area (Å²) in [5, 5.41) is 13.4. The predicted octanol–water partition coefficient (Wildman–Crippen LogP) is 4.93. The molecule has 8 heteroatoms. The molecule has 0 saturated carbocycles. The van der Waals surface area contributed by atoms with Gasteiger partial charge < -0.3 is 5.11 Å². The van der Waals surface area contributed by atoms with E-state index in [4.69, 9.17) is 0 Å². The number of hydrogen-bond acceptors (Lipinski definition) is 4. The first-order chi connectivity index (χ1) is 14.4. The summed E-state index contributed by atoms with van der Waals surface area (Å²) < 4.78 is 30.0. The van der Waals surface area contributed by atoms with Crippen LogP contribution in [0.15, 0.2) is 42.6 Å². The van der Waals surface area contributed by atoms with Gasteiger partial charge in [-0.25, -0.2) is 14.5 Å². The molecule has 0 fully saturated rings. The number of benzene rings is 1. The van der Waals surface area contributed by atoms with Crippen molar-refractivity contribution in [1.82, 2.24) is 19.7 Å². The second-order valence-electron chi connectivity index (χ2n) is 7.10. The van der Waals surface area contributed by atoms with E-state index in [1.54, 1.807) is 43.5 Å². The summed E-state index contributed by atoms with van der Waals surface area (Å²) in [5.74, 6) is -4.01. The number of pyridine rings is 1. The summed E-state index contributed by atoms with van der Waals surface area (Å²) in [7, 11) is 0. The first-order valence-corrected chi connectivity index (χ1v) is 9.95. The maximum atomic E-state index is 14.3. The highest BCUT2D eigenvalue weighted by atomic mass is 19.3. The molecule has 0 spiro atoms. The summed E-state index contributed by atoms with van der Waals surface area (Å²) in [6.07, 6.45) is 2.93. The number of aromatic carboxylic acids is 1. The zero-order chi connectivity index (χ0) is 21.7. The van der Waals surface area contributed by atoms with Crippen LogP contribution >= 0.6 is 0 Å². The van der Waals surface area contributed by atoms with Crippen molar-refractivity contribution in [2.75, 3.05) is 0 Å². The van der Waals surface area contributed by atoms with Gasteiger partial charge in [0.1, 0.15) is 5.82 Å². The number of carbonyl (C=O) groups is 1. The Balaban J connectivity index is 1.87. The van der Waals surface area contributed by atoms with Gasteiger partial charge in [-0.15, -0.1) is 5.10 Å². The van der Waals surface area contributed by atoms with Gasteiger partial charge in [-0.05, 0) is 30.5 Å². The number of aromatic nitrogens is 4. The summed E-state index contributed by atoms with van der Waals surface area (Å²) in [5.41, 5.74) is 2.05. The SMILES string of the molecule is CCCc1nc(C(F)(F)CCC)nn1Cc1ccc(-c2ccccc2C(=O)O)cn1. The first-order valence-electron chi connectivity index (χ1n) is 9.95. The number of halogens is 2. The minimum atomic E-state index is -3.06. The molecule has 0 atom stereocenters. The highest BCUT2D eigenvalue weighted by molar-refractivity contribution is 5.95. The minimum Gasteiger partial charge on any atom is -0.478 e. The van der Waals surface area contributed by atoms with E-state index in [0.29, 0.717) is 35.5 Å². The molecule has 0 saturated heterocycles. The Kier molecular flexibility index (Phi) is 6.54. The fourth-order valence-electron chi connectivity index (χ4n) is 3.24. The molecule has 0 bridgehead atoms. The molecular formula is C22H24F2N4O2. The molecule has 1 N–H and O–H groups in total. The minimum absolute atomic E-state index is 0.191. The Morgan fingerprint density at radius 1 is 1.13 bits per heavy atom. The van der Waals surface area contributed by atoms with E-state index in [9.17, 15) is 18.7 Å². The van der Waals surface area contributed by atoms with Gasteiger partial charge in [-0.1, -0.05) is 38.1 Å². The Hall–Kier alpha value is -3.16. The molecule has 30 heavy (non-hydrogen) atoms. The van der Waals surface area contributed by atoms with Crippen molar-refractivity contribution in [1.29, 1.82) is 0 Å². The van der Waals surface area contributed by atoms with Gasteiger partial charge in [0.25, 0.3) is 0 Å². The number of aryl methyl sites for hydroxylation is 1. The van der Waals surface area contributed by atoms with E-state index >= 15 is 0 Å². The molecule has 3 rings (SSSR count). The van der Waals surface area contributed by atoms with Gasteiger partial charge in [0.2, 0.25) is 5.82 Å². The van der Waals surface area contributed by atoms with Gasteiger partial charge in [-0.3, -0.25) is 4.98 Å². The molecule has 0 aliphatic carbocycles. The molecule has 0 unspecified atom stereocenters. The third-order valence-electron chi connectivity index (χ3n) is 4.72. The molecule has 3 aromatic rings. The second kappa shape index (κ2) is 9.11. The predicted molar refractivity (Wildman–Crippen MR) is 109 cm³/mol. The summed E-state index contributed by atoms with van der Waals surface area (Å²) in [6, 6.07) is 10.2. The van der Waals surface area contributed by atoms with Crippen LogP contribution in [-0.2, 0) is 18.9 Å². The maximum absolute atomic E-state index is 14.3. The quantitative estimate of drug-likeness (QED) is 0.537. The zero-order valence-corrected chi connectivity index (χ0v) is 17.0. The Morgan fingerprint density at radius 3 is 2.53 bits per heavy atom. The second-order valence-corrected chi connectivity index (χ2v) is 7.10. The molecule has 2 heterocycles. The van der Waals surface area contributed by atoms with Gasteiger partial charge in [0.15, 0.2) is 0 Å². The normalized spacial score (nSPS) is 11.6. The largest absolute Gasteiger partial charge is 0.478 e.